The molecule has 2 rings (SSSR count). The van der Waals surface area contributed by atoms with E-state index in [2.05, 4.69) is 11.2 Å². The van der Waals surface area contributed by atoms with Crippen molar-refractivity contribution in [2.45, 2.75) is 13.5 Å². The van der Waals surface area contributed by atoms with E-state index in [4.69, 9.17) is 21.5 Å². The Hall–Kier alpha value is -2.00. The lowest BCUT2D eigenvalue weighted by molar-refractivity contribution is 0.304. The highest BCUT2D eigenvalue weighted by molar-refractivity contribution is 6.30. The van der Waals surface area contributed by atoms with E-state index in [1.165, 1.54) is 11.8 Å². The molecular formula is C15H14ClNO2. The van der Waals surface area contributed by atoms with Crippen LogP contribution < -0.4 is 4.74 Å². The van der Waals surface area contributed by atoms with Crippen LogP contribution >= 0.6 is 11.6 Å². The predicted molar refractivity (Wildman–Crippen MR) is 76.3 cm³/mol. The smallest absolute Gasteiger partial charge is 0.128 e. The van der Waals surface area contributed by atoms with Gasteiger partial charge in [-0.2, -0.15) is 0 Å². The van der Waals surface area contributed by atoms with Crippen LogP contribution in [-0.2, 0) is 6.61 Å². The first-order valence-electron chi connectivity index (χ1n) is 5.84. The van der Waals surface area contributed by atoms with Crippen molar-refractivity contribution in [1.29, 1.82) is 0 Å². The largest absolute Gasteiger partial charge is 0.488 e. The average molecular weight is 276 g/mol. The number of aryl methyl sites for hydroxylation is 1. The first kappa shape index (κ1) is 13.4. The molecule has 19 heavy (non-hydrogen) atoms. The quantitative estimate of drug-likeness (QED) is 0.520. The van der Waals surface area contributed by atoms with Gasteiger partial charge in [-0.3, -0.25) is 0 Å². The lowest BCUT2D eigenvalue weighted by atomic mass is 10.1. The summed E-state index contributed by atoms with van der Waals surface area (Å²) in [6, 6.07) is 13.3. The number of nitrogens with zero attached hydrogens (tertiary/aromatic N) is 1. The number of rotatable bonds is 4. The maximum absolute atomic E-state index is 8.63. The average Bonchev–Trinajstić information content (AvgIpc) is 2.38. The summed E-state index contributed by atoms with van der Waals surface area (Å²) in [5, 5.41) is 12.2. The molecule has 0 spiro atoms. The normalized spacial score (nSPS) is 10.8. The van der Waals surface area contributed by atoms with Crippen molar-refractivity contribution in [1.82, 2.24) is 0 Å². The molecule has 0 aliphatic rings. The van der Waals surface area contributed by atoms with Gasteiger partial charge in [-0.15, -0.1) is 0 Å². The lowest BCUT2D eigenvalue weighted by Gasteiger charge is -2.09. The zero-order valence-corrected chi connectivity index (χ0v) is 11.3. The van der Waals surface area contributed by atoms with Crippen LogP contribution in [0.15, 0.2) is 47.6 Å². The third kappa shape index (κ3) is 3.73. The van der Waals surface area contributed by atoms with E-state index < -0.39 is 0 Å². The standard InChI is InChI=1S/C15H14ClNO2/c1-11-3-2-4-12(7-11)10-19-15-6-5-14(16)8-13(15)9-17-18/h2-9,18H,10H2,1H3/b17-9+. The van der Waals surface area contributed by atoms with Crippen molar-refractivity contribution in [2.75, 3.05) is 0 Å². The van der Waals surface area contributed by atoms with E-state index >= 15 is 0 Å². The molecule has 2 aromatic rings. The maximum atomic E-state index is 8.63. The third-order valence-electron chi connectivity index (χ3n) is 2.65. The first-order valence-corrected chi connectivity index (χ1v) is 6.22. The van der Waals surface area contributed by atoms with Gasteiger partial charge in [-0.25, -0.2) is 0 Å². The molecule has 0 amide bonds. The van der Waals surface area contributed by atoms with E-state index in [1.807, 2.05) is 25.1 Å². The first-order chi connectivity index (χ1) is 9.19. The molecule has 2 aromatic carbocycles. The van der Waals surface area contributed by atoms with Crippen LogP contribution in [0.1, 0.15) is 16.7 Å². The van der Waals surface area contributed by atoms with E-state index in [-0.39, 0.29) is 0 Å². The van der Waals surface area contributed by atoms with Gasteiger partial charge >= 0.3 is 0 Å². The monoisotopic (exact) mass is 275 g/mol. The van der Waals surface area contributed by atoms with Gasteiger partial charge in [0.1, 0.15) is 12.4 Å². The van der Waals surface area contributed by atoms with Crippen molar-refractivity contribution in [3.8, 4) is 5.75 Å². The second-order valence-corrected chi connectivity index (χ2v) is 4.64. The Morgan fingerprint density at radius 2 is 2.11 bits per heavy atom. The second kappa shape index (κ2) is 6.25. The summed E-state index contributed by atoms with van der Waals surface area (Å²) in [6.07, 6.45) is 1.30. The Morgan fingerprint density at radius 3 is 2.84 bits per heavy atom. The van der Waals surface area contributed by atoms with Crippen LogP contribution in [0.3, 0.4) is 0 Å². The highest BCUT2D eigenvalue weighted by Crippen LogP contribution is 2.22. The number of hydrogen-bond acceptors (Lipinski definition) is 3. The van der Waals surface area contributed by atoms with Crippen molar-refractivity contribution < 1.29 is 9.94 Å². The van der Waals surface area contributed by atoms with Gasteiger partial charge in [0.15, 0.2) is 0 Å². The molecular weight excluding hydrogens is 262 g/mol. The molecule has 0 heterocycles. The summed E-state index contributed by atoms with van der Waals surface area (Å²) in [7, 11) is 0. The maximum Gasteiger partial charge on any atom is 0.128 e. The van der Waals surface area contributed by atoms with Crippen LogP contribution in [0.5, 0.6) is 5.75 Å². The minimum Gasteiger partial charge on any atom is -0.488 e. The minimum atomic E-state index is 0.454. The predicted octanol–water partition coefficient (Wildman–Crippen LogP) is 4.04. The highest BCUT2D eigenvalue weighted by atomic mass is 35.5. The van der Waals surface area contributed by atoms with Gasteiger partial charge in [0.25, 0.3) is 0 Å². The summed E-state index contributed by atoms with van der Waals surface area (Å²) in [5.41, 5.74) is 2.92. The molecule has 0 bridgehead atoms. The Kier molecular flexibility index (Phi) is 4.42. The van der Waals surface area contributed by atoms with Crippen molar-refractivity contribution in [3.63, 3.8) is 0 Å². The van der Waals surface area contributed by atoms with Gasteiger partial charge < -0.3 is 9.94 Å². The summed E-state index contributed by atoms with van der Waals surface area (Å²) in [6.45, 7) is 2.49. The number of benzene rings is 2. The second-order valence-electron chi connectivity index (χ2n) is 4.20. The fourth-order valence-corrected chi connectivity index (χ4v) is 1.96. The zero-order valence-electron chi connectivity index (χ0n) is 10.5. The summed E-state index contributed by atoms with van der Waals surface area (Å²) in [5.74, 6) is 0.628. The molecule has 0 aliphatic carbocycles. The SMILES string of the molecule is Cc1cccc(COc2ccc(Cl)cc2/C=N/O)c1. The Bertz CT molecular complexity index is 596. The molecule has 0 saturated carbocycles. The van der Waals surface area contributed by atoms with Gasteiger partial charge in [0.2, 0.25) is 0 Å². The Morgan fingerprint density at radius 1 is 1.26 bits per heavy atom. The number of hydrogen-bond donors (Lipinski definition) is 1. The van der Waals surface area contributed by atoms with Gasteiger partial charge in [-0.05, 0) is 30.7 Å². The molecule has 0 fully saturated rings. The number of oxime groups is 1. The molecule has 3 nitrogen and oxygen atoms in total. The van der Waals surface area contributed by atoms with Gasteiger partial charge in [0, 0.05) is 10.6 Å². The van der Waals surface area contributed by atoms with Crippen LogP contribution in [0, 0.1) is 6.92 Å². The summed E-state index contributed by atoms with van der Waals surface area (Å²) < 4.78 is 5.72. The molecule has 0 radical (unpaired) electrons. The van der Waals surface area contributed by atoms with E-state index in [0.29, 0.717) is 22.9 Å². The van der Waals surface area contributed by atoms with Crippen LogP contribution in [0.25, 0.3) is 0 Å². The molecule has 4 heteroatoms. The van der Waals surface area contributed by atoms with Crippen LogP contribution in [0.4, 0.5) is 0 Å². The topological polar surface area (TPSA) is 41.8 Å². The van der Waals surface area contributed by atoms with Crippen LogP contribution in [-0.4, -0.2) is 11.4 Å². The molecule has 0 atom stereocenters. The fourth-order valence-electron chi connectivity index (χ4n) is 1.78. The van der Waals surface area contributed by atoms with Crippen molar-refractivity contribution in [2.24, 2.45) is 5.16 Å². The highest BCUT2D eigenvalue weighted by Gasteiger charge is 2.04. The Labute approximate surface area is 117 Å². The van der Waals surface area contributed by atoms with E-state index in [1.54, 1.807) is 18.2 Å². The molecule has 1 N–H and O–H groups in total. The van der Waals surface area contributed by atoms with Crippen molar-refractivity contribution >= 4 is 17.8 Å². The fraction of sp³-hybridized carbons (Fsp3) is 0.133. The van der Waals surface area contributed by atoms with Crippen molar-refractivity contribution in [3.05, 3.63) is 64.2 Å². The summed E-state index contributed by atoms with van der Waals surface area (Å²) in [4.78, 5) is 0. The number of halogens is 1. The van der Waals surface area contributed by atoms with Crippen LogP contribution in [0.2, 0.25) is 5.02 Å². The van der Waals surface area contributed by atoms with Gasteiger partial charge in [-0.1, -0.05) is 46.6 Å². The molecule has 0 aliphatic heterocycles. The Balaban J connectivity index is 2.15. The van der Waals surface area contributed by atoms with E-state index in [0.717, 1.165) is 5.56 Å². The number of ether oxygens (including phenoxy) is 1. The summed E-state index contributed by atoms with van der Waals surface area (Å²) >= 11 is 5.89. The molecule has 98 valence electrons. The molecule has 0 unspecified atom stereocenters. The molecule has 0 saturated heterocycles. The molecule has 0 aromatic heterocycles. The minimum absolute atomic E-state index is 0.454. The van der Waals surface area contributed by atoms with Gasteiger partial charge in [0.05, 0.1) is 6.21 Å². The lowest BCUT2D eigenvalue weighted by Crippen LogP contribution is -1.98. The van der Waals surface area contributed by atoms with E-state index in [9.17, 15) is 0 Å². The zero-order chi connectivity index (χ0) is 13.7. The third-order valence-corrected chi connectivity index (χ3v) is 2.88.